The molecular formula is C30H18Br2N4O3. The van der Waals surface area contributed by atoms with E-state index in [9.17, 15) is 14.9 Å². The number of esters is 1. The smallest absolute Gasteiger partial charge is 0.343 e. The van der Waals surface area contributed by atoms with E-state index in [2.05, 4.69) is 53.4 Å². The zero-order chi connectivity index (χ0) is 27.4. The van der Waals surface area contributed by atoms with Crippen LogP contribution >= 0.6 is 31.9 Å². The SMILES string of the molecule is N#Cc1cccc2c(-c3ccccc3)c(C(=O)NN=Cc3cc(Br)cc(Br)c3OC(=O)c3ccccc3)[nH]c12. The molecule has 4 aromatic carbocycles. The minimum atomic E-state index is -0.531. The van der Waals surface area contributed by atoms with E-state index >= 15 is 0 Å². The van der Waals surface area contributed by atoms with Gasteiger partial charge < -0.3 is 9.72 Å². The number of nitrogens with zero attached hydrogens (tertiary/aromatic N) is 2. The number of benzene rings is 4. The number of rotatable bonds is 6. The van der Waals surface area contributed by atoms with Crippen molar-refractivity contribution in [3.05, 3.63) is 122 Å². The molecule has 1 amide bonds. The molecule has 1 heterocycles. The number of nitriles is 1. The van der Waals surface area contributed by atoms with Crippen LogP contribution in [0.3, 0.4) is 0 Å². The van der Waals surface area contributed by atoms with Gasteiger partial charge in [0.2, 0.25) is 0 Å². The monoisotopic (exact) mass is 640 g/mol. The van der Waals surface area contributed by atoms with Crippen LogP contribution in [0.15, 0.2) is 105 Å². The van der Waals surface area contributed by atoms with E-state index in [0.717, 1.165) is 10.9 Å². The Kier molecular flexibility index (Phi) is 7.68. The van der Waals surface area contributed by atoms with Gasteiger partial charge in [0, 0.05) is 21.0 Å². The van der Waals surface area contributed by atoms with Crippen molar-refractivity contribution in [2.45, 2.75) is 0 Å². The number of ether oxygens (including phenoxy) is 1. The highest BCUT2D eigenvalue weighted by Gasteiger charge is 2.21. The predicted molar refractivity (Wildman–Crippen MR) is 157 cm³/mol. The van der Waals surface area contributed by atoms with Crippen LogP contribution in [0.5, 0.6) is 5.75 Å². The lowest BCUT2D eigenvalue weighted by atomic mass is 10.0. The van der Waals surface area contributed by atoms with Crippen molar-refractivity contribution in [3.63, 3.8) is 0 Å². The van der Waals surface area contributed by atoms with Crippen LogP contribution in [0, 0.1) is 11.3 Å². The Bertz CT molecular complexity index is 1780. The summed E-state index contributed by atoms with van der Waals surface area (Å²) in [7, 11) is 0. The number of halogens is 2. The summed E-state index contributed by atoms with van der Waals surface area (Å²) in [6.45, 7) is 0. The molecule has 2 N–H and O–H groups in total. The lowest BCUT2D eigenvalue weighted by Crippen LogP contribution is -2.19. The van der Waals surface area contributed by atoms with Gasteiger partial charge in [-0.1, -0.05) is 76.6 Å². The third-order valence-corrected chi connectivity index (χ3v) is 6.90. The number of nitrogens with one attached hydrogen (secondary N) is 2. The van der Waals surface area contributed by atoms with E-state index in [1.54, 1.807) is 48.5 Å². The fraction of sp³-hybridized carbons (Fsp3) is 0. The van der Waals surface area contributed by atoms with Crippen LogP contribution in [0.2, 0.25) is 0 Å². The molecule has 0 aliphatic carbocycles. The zero-order valence-electron chi connectivity index (χ0n) is 20.1. The van der Waals surface area contributed by atoms with E-state index in [-0.39, 0.29) is 11.4 Å². The molecule has 0 aliphatic rings. The fourth-order valence-electron chi connectivity index (χ4n) is 4.11. The molecule has 5 rings (SSSR count). The van der Waals surface area contributed by atoms with E-state index in [4.69, 9.17) is 4.74 Å². The molecule has 1 aromatic heterocycles. The summed E-state index contributed by atoms with van der Waals surface area (Å²) in [6, 6.07) is 29.0. The van der Waals surface area contributed by atoms with Gasteiger partial charge in [0.1, 0.15) is 11.8 Å². The molecule has 7 nitrogen and oxygen atoms in total. The zero-order valence-corrected chi connectivity index (χ0v) is 23.3. The molecule has 0 bridgehead atoms. The summed E-state index contributed by atoms with van der Waals surface area (Å²) < 4.78 is 6.90. The second kappa shape index (κ2) is 11.5. The number of hydrogen-bond donors (Lipinski definition) is 2. The van der Waals surface area contributed by atoms with Crippen LogP contribution in [-0.4, -0.2) is 23.1 Å². The first kappa shape index (κ1) is 26.1. The Morgan fingerprint density at radius 2 is 1.67 bits per heavy atom. The van der Waals surface area contributed by atoms with Gasteiger partial charge in [-0.2, -0.15) is 10.4 Å². The number of hydrogen-bond acceptors (Lipinski definition) is 5. The summed E-state index contributed by atoms with van der Waals surface area (Å²) in [5, 5.41) is 14.5. The van der Waals surface area contributed by atoms with E-state index in [1.165, 1.54) is 6.21 Å². The Morgan fingerprint density at radius 3 is 2.38 bits per heavy atom. The number of carbonyl (C=O) groups excluding carboxylic acids is 2. The summed E-state index contributed by atoms with van der Waals surface area (Å²) in [5.41, 5.74) is 6.14. The van der Waals surface area contributed by atoms with Gasteiger partial charge in [-0.05, 0) is 51.8 Å². The van der Waals surface area contributed by atoms with Gasteiger partial charge in [-0.25, -0.2) is 10.2 Å². The molecule has 0 saturated carbocycles. The Labute approximate surface area is 240 Å². The maximum Gasteiger partial charge on any atom is 0.343 e. The molecule has 5 aromatic rings. The largest absolute Gasteiger partial charge is 0.421 e. The summed E-state index contributed by atoms with van der Waals surface area (Å²) >= 11 is 6.87. The first-order valence-corrected chi connectivity index (χ1v) is 13.2. The van der Waals surface area contributed by atoms with E-state index in [1.807, 2.05) is 42.5 Å². The van der Waals surface area contributed by atoms with Crippen molar-refractivity contribution in [1.29, 1.82) is 5.26 Å². The van der Waals surface area contributed by atoms with Gasteiger partial charge in [0.05, 0.1) is 27.3 Å². The highest BCUT2D eigenvalue weighted by molar-refractivity contribution is 9.11. The van der Waals surface area contributed by atoms with Crippen LogP contribution in [0.25, 0.3) is 22.0 Å². The number of H-pyrrole nitrogens is 1. The normalized spacial score (nSPS) is 10.9. The average molecular weight is 642 g/mol. The number of aromatic amines is 1. The van der Waals surface area contributed by atoms with Crippen molar-refractivity contribution < 1.29 is 14.3 Å². The van der Waals surface area contributed by atoms with Gasteiger partial charge in [-0.3, -0.25) is 4.79 Å². The second-order valence-electron chi connectivity index (χ2n) is 8.34. The van der Waals surface area contributed by atoms with Crippen LogP contribution in [-0.2, 0) is 0 Å². The topological polar surface area (TPSA) is 107 Å². The Balaban J connectivity index is 1.47. The summed E-state index contributed by atoms with van der Waals surface area (Å²) in [5.74, 6) is -0.780. The number of hydrazone groups is 1. The van der Waals surface area contributed by atoms with Gasteiger partial charge in [0.15, 0.2) is 5.75 Å². The third kappa shape index (κ3) is 5.53. The van der Waals surface area contributed by atoms with Crippen LogP contribution in [0.1, 0.15) is 32.0 Å². The van der Waals surface area contributed by atoms with Crippen molar-refractivity contribution in [1.82, 2.24) is 10.4 Å². The molecule has 0 unspecified atom stereocenters. The molecule has 0 radical (unpaired) electrons. The van der Waals surface area contributed by atoms with Crippen molar-refractivity contribution >= 4 is 60.9 Å². The molecule has 0 saturated heterocycles. The van der Waals surface area contributed by atoms with E-state index in [0.29, 0.717) is 36.7 Å². The number of aromatic nitrogens is 1. The standard InChI is InChI=1S/C30H18Br2N4O3/c31-22-14-21(28(24(32)15-22)39-30(38)19-10-5-2-6-11-19)17-34-36-29(37)27-25(18-8-3-1-4-9-18)23-13-7-12-20(16-33)26(23)35-27/h1-15,17,35H,(H,36,37). The molecule has 0 spiro atoms. The maximum absolute atomic E-state index is 13.3. The molecule has 9 heteroatoms. The number of carbonyl (C=O) groups is 2. The summed E-state index contributed by atoms with van der Waals surface area (Å²) in [6.07, 6.45) is 1.40. The fourth-order valence-corrected chi connectivity index (χ4v) is 5.45. The predicted octanol–water partition coefficient (Wildman–Crippen LogP) is 7.21. The van der Waals surface area contributed by atoms with Gasteiger partial charge in [-0.15, -0.1) is 0 Å². The molecule has 0 fully saturated rings. The first-order valence-electron chi connectivity index (χ1n) is 11.7. The quantitative estimate of drug-likeness (QED) is 0.0884. The number of fused-ring (bicyclic) bond motifs is 1. The lowest BCUT2D eigenvalue weighted by Gasteiger charge is -2.10. The molecule has 190 valence electrons. The lowest BCUT2D eigenvalue weighted by molar-refractivity contribution is 0.0733. The molecular weight excluding hydrogens is 624 g/mol. The first-order chi connectivity index (χ1) is 19.0. The van der Waals surface area contributed by atoms with Crippen LogP contribution < -0.4 is 10.2 Å². The Hall–Kier alpha value is -4.52. The second-order valence-corrected chi connectivity index (χ2v) is 10.1. The van der Waals surface area contributed by atoms with Crippen molar-refractivity contribution in [2.24, 2.45) is 5.10 Å². The number of para-hydroxylation sites is 1. The minimum absolute atomic E-state index is 0.249. The molecule has 0 atom stereocenters. The summed E-state index contributed by atoms with van der Waals surface area (Å²) in [4.78, 5) is 29.1. The van der Waals surface area contributed by atoms with Gasteiger partial charge in [0.25, 0.3) is 5.91 Å². The van der Waals surface area contributed by atoms with Crippen LogP contribution in [0.4, 0.5) is 0 Å². The van der Waals surface area contributed by atoms with E-state index < -0.39 is 11.9 Å². The Morgan fingerprint density at radius 1 is 0.949 bits per heavy atom. The molecule has 39 heavy (non-hydrogen) atoms. The van der Waals surface area contributed by atoms with Crippen molar-refractivity contribution in [3.8, 4) is 22.9 Å². The highest BCUT2D eigenvalue weighted by Crippen LogP contribution is 2.34. The minimum Gasteiger partial charge on any atom is -0.421 e. The van der Waals surface area contributed by atoms with Gasteiger partial charge >= 0.3 is 5.97 Å². The van der Waals surface area contributed by atoms with Crippen molar-refractivity contribution in [2.75, 3.05) is 0 Å². The maximum atomic E-state index is 13.3. The number of amides is 1. The average Bonchev–Trinajstić information content (AvgIpc) is 3.35. The third-order valence-electron chi connectivity index (χ3n) is 5.85. The highest BCUT2D eigenvalue weighted by atomic mass is 79.9. The molecule has 0 aliphatic heterocycles.